The molecular formula is C20H20N2O6S. The second kappa shape index (κ2) is 9.33. The van der Waals surface area contributed by atoms with Crippen LogP contribution in [-0.2, 0) is 0 Å². The first-order valence-corrected chi connectivity index (χ1v) is 9.51. The van der Waals surface area contributed by atoms with Gasteiger partial charge in [-0.15, -0.1) is 10.2 Å². The molecule has 0 aliphatic rings. The van der Waals surface area contributed by atoms with Gasteiger partial charge in [-0.05, 0) is 30.3 Å². The van der Waals surface area contributed by atoms with Crippen LogP contribution in [0.15, 0.2) is 46.0 Å². The van der Waals surface area contributed by atoms with E-state index in [1.54, 1.807) is 57.7 Å². The largest absolute Gasteiger partial charge is 0.497 e. The van der Waals surface area contributed by atoms with E-state index in [-0.39, 0.29) is 16.8 Å². The third kappa shape index (κ3) is 4.80. The summed E-state index contributed by atoms with van der Waals surface area (Å²) in [4.78, 5) is 12.6. The fourth-order valence-corrected chi connectivity index (χ4v) is 3.20. The van der Waals surface area contributed by atoms with Gasteiger partial charge in [0.2, 0.25) is 5.89 Å². The third-order valence-corrected chi connectivity index (χ3v) is 4.86. The van der Waals surface area contributed by atoms with Gasteiger partial charge < -0.3 is 23.4 Å². The number of thioether (sulfide) groups is 1. The van der Waals surface area contributed by atoms with E-state index in [4.69, 9.17) is 23.4 Å². The number of nitrogens with zero attached hydrogens (tertiary/aromatic N) is 2. The highest BCUT2D eigenvalue weighted by atomic mass is 32.2. The maximum Gasteiger partial charge on any atom is 0.277 e. The predicted octanol–water partition coefficient (Wildman–Crippen LogP) is 3.75. The Balaban J connectivity index is 1.74. The summed E-state index contributed by atoms with van der Waals surface area (Å²) in [5.41, 5.74) is 1.08. The van der Waals surface area contributed by atoms with Gasteiger partial charge in [-0.25, -0.2) is 0 Å². The molecule has 0 bridgehead atoms. The molecule has 0 saturated carbocycles. The summed E-state index contributed by atoms with van der Waals surface area (Å²) in [6.07, 6.45) is 0. The van der Waals surface area contributed by atoms with Gasteiger partial charge in [-0.1, -0.05) is 11.8 Å². The number of hydrogen-bond acceptors (Lipinski definition) is 9. The van der Waals surface area contributed by atoms with Crippen molar-refractivity contribution in [1.82, 2.24) is 10.2 Å². The molecule has 0 aliphatic carbocycles. The highest BCUT2D eigenvalue weighted by Gasteiger charge is 2.17. The molecular weight excluding hydrogens is 396 g/mol. The van der Waals surface area contributed by atoms with E-state index in [1.807, 2.05) is 0 Å². The Morgan fingerprint density at radius 3 is 2.21 bits per heavy atom. The summed E-state index contributed by atoms with van der Waals surface area (Å²) < 4.78 is 26.6. The zero-order valence-electron chi connectivity index (χ0n) is 16.4. The second-order valence-corrected chi connectivity index (χ2v) is 6.68. The SMILES string of the molecule is COc1cc(OC)cc(-c2nnc(SCC(=O)c3cc(OC)ccc3OC)o2)c1. The lowest BCUT2D eigenvalue weighted by molar-refractivity contribution is 0.101. The van der Waals surface area contributed by atoms with Crippen LogP contribution in [-0.4, -0.2) is 50.2 Å². The molecule has 9 heteroatoms. The molecule has 152 valence electrons. The van der Waals surface area contributed by atoms with Crippen molar-refractivity contribution < 1.29 is 28.2 Å². The Labute approximate surface area is 172 Å². The van der Waals surface area contributed by atoms with E-state index in [2.05, 4.69) is 10.2 Å². The minimum Gasteiger partial charge on any atom is -0.497 e. The van der Waals surface area contributed by atoms with Crippen LogP contribution in [0.4, 0.5) is 0 Å². The van der Waals surface area contributed by atoms with Gasteiger partial charge >= 0.3 is 0 Å². The van der Waals surface area contributed by atoms with E-state index < -0.39 is 0 Å². The van der Waals surface area contributed by atoms with Crippen molar-refractivity contribution in [3.05, 3.63) is 42.0 Å². The lowest BCUT2D eigenvalue weighted by Gasteiger charge is -2.09. The van der Waals surface area contributed by atoms with Gasteiger partial charge in [0.25, 0.3) is 5.22 Å². The second-order valence-electron chi connectivity index (χ2n) is 5.75. The number of ketones is 1. The maximum atomic E-state index is 12.6. The number of ether oxygens (including phenoxy) is 4. The maximum absolute atomic E-state index is 12.6. The molecule has 0 radical (unpaired) electrons. The minimum absolute atomic E-state index is 0.104. The van der Waals surface area contributed by atoms with Gasteiger partial charge in [0.1, 0.15) is 23.0 Å². The van der Waals surface area contributed by atoms with Crippen LogP contribution < -0.4 is 18.9 Å². The van der Waals surface area contributed by atoms with Crippen LogP contribution in [0.5, 0.6) is 23.0 Å². The summed E-state index contributed by atoms with van der Waals surface area (Å²) in [6.45, 7) is 0. The number of benzene rings is 2. The number of carbonyl (C=O) groups excluding carboxylic acids is 1. The molecule has 0 aliphatic heterocycles. The highest BCUT2D eigenvalue weighted by Crippen LogP contribution is 2.31. The smallest absolute Gasteiger partial charge is 0.277 e. The molecule has 0 saturated heterocycles. The van der Waals surface area contributed by atoms with Crippen molar-refractivity contribution in [1.29, 1.82) is 0 Å². The number of carbonyl (C=O) groups is 1. The van der Waals surface area contributed by atoms with Crippen LogP contribution in [0.2, 0.25) is 0 Å². The van der Waals surface area contributed by atoms with E-state index in [0.717, 1.165) is 11.8 Å². The molecule has 3 rings (SSSR count). The van der Waals surface area contributed by atoms with Crippen molar-refractivity contribution in [3.63, 3.8) is 0 Å². The lowest BCUT2D eigenvalue weighted by atomic mass is 10.1. The molecule has 3 aromatic rings. The Morgan fingerprint density at radius 2 is 1.59 bits per heavy atom. The summed E-state index contributed by atoms with van der Waals surface area (Å²) in [6, 6.07) is 10.3. The van der Waals surface area contributed by atoms with Gasteiger partial charge in [0.05, 0.1) is 39.8 Å². The Hall–Kier alpha value is -3.20. The number of methoxy groups -OCH3 is 4. The fraction of sp³-hybridized carbons (Fsp3) is 0.250. The van der Waals surface area contributed by atoms with Gasteiger partial charge in [0, 0.05) is 11.6 Å². The Kier molecular flexibility index (Phi) is 6.61. The van der Waals surface area contributed by atoms with Gasteiger partial charge in [-0.2, -0.15) is 0 Å². The van der Waals surface area contributed by atoms with Crippen LogP contribution in [0.3, 0.4) is 0 Å². The molecule has 2 aromatic carbocycles. The van der Waals surface area contributed by atoms with Gasteiger partial charge in [0.15, 0.2) is 5.78 Å². The van der Waals surface area contributed by atoms with Crippen LogP contribution >= 0.6 is 11.8 Å². The first-order chi connectivity index (χ1) is 14.1. The topological polar surface area (TPSA) is 92.9 Å². The molecule has 29 heavy (non-hydrogen) atoms. The van der Waals surface area contributed by atoms with Crippen molar-refractivity contribution >= 4 is 17.5 Å². The van der Waals surface area contributed by atoms with E-state index in [1.165, 1.54) is 7.11 Å². The molecule has 0 amide bonds. The van der Waals surface area contributed by atoms with E-state index in [9.17, 15) is 4.79 Å². The number of aromatic nitrogens is 2. The van der Waals surface area contributed by atoms with Crippen molar-refractivity contribution in [3.8, 4) is 34.5 Å². The van der Waals surface area contributed by atoms with Crippen LogP contribution in [0.1, 0.15) is 10.4 Å². The molecule has 1 heterocycles. The summed E-state index contributed by atoms with van der Waals surface area (Å²) in [5.74, 6) is 2.52. The standard InChI is InChI=1S/C20H20N2O6S/c1-24-13-5-6-18(27-4)16(10-13)17(23)11-29-20-22-21-19(28-20)12-7-14(25-2)9-15(8-12)26-3/h5-10H,11H2,1-4H3. The summed E-state index contributed by atoms with van der Waals surface area (Å²) >= 11 is 1.14. The van der Waals surface area contributed by atoms with Crippen molar-refractivity contribution in [2.45, 2.75) is 5.22 Å². The fourth-order valence-electron chi connectivity index (χ4n) is 2.55. The number of Topliss-reactive ketones (excluding diaryl/α,β-unsaturated/α-hetero) is 1. The molecule has 0 N–H and O–H groups in total. The molecule has 8 nitrogen and oxygen atoms in total. The van der Waals surface area contributed by atoms with Crippen molar-refractivity contribution in [2.24, 2.45) is 0 Å². The molecule has 0 atom stereocenters. The summed E-state index contributed by atoms with van der Waals surface area (Å²) in [7, 11) is 6.18. The summed E-state index contributed by atoms with van der Waals surface area (Å²) in [5, 5.41) is 8.32. The Morgan fingerprint density at radius 1 is 0.897 bits per heavy atom. The zero-order chi connectivity index (χ0) is 20.8. The lowest BCUT2D eigenvalue weighted by Crippen LogP contribution is -2.05. The van der Waals surface area contributed by atoms with Gasteiger partial charge in [-0.3, -0.25) is 4.79 Å². The number of hydrogen-bond donors (Lipinski definition) is 0. The molecule has 0 unspecified atom stereocenters. The highest BCUT2D eigenvalue weighted by molar-refractivity contribution is 7.99. The van der Waals surface area contributed by atoms with Crippen LogP contribution in [0.25, 0.3) is 11.5 Å². The Bertz CT molecular complexity index is 982. The average Bonchev–Trinajstić information content (AvgIpc) is 3.25. The number of rotatable bonds is 9. The molecule has 1 aromatic heterocycles. The normalized spacial score (nSPS) is 10.5. The van der Waals surface area contributed by atoms with E-state index in [0.29, 0.717) is 40.0 Å². The molecule has 0 fully saturated rings. The predicted molar refractivity (Wildman–Crippen MR) is 107 cm³/mol. The molecule has 0 spiro atoms. The monoisotopic (exact) mass is 416 g/mol. The van der Waals surface area contributed by atoms with Crippen LogP contribution in [0, 0.1) is 0 Å². The minimum atomic E-state index is -0.145. The zero-order valence-corrected chi connectivity index (χ0v) is 17.2. The van der Waals surface area contributed by atoms with E-state index >= 15 is 0 Å². The average molecular weight is 416 g/mol. The quantitative estimate of drug-likeness (QED) is 0.382. The first-order valence-electron chi connectivity index (χ1n) is 8.53. The first kappa shape index (κ1) is 20.5. The van der Waals surface area contributed by atoms with Crippen molar-refractivity contribution in [2.75, 3.05) is 34.2 Å². The third-order valence-electron chi connectivity index (χ3n) is 4.04.